The minimum atomic E-state index is -0.458. The summed E-state index contributed by atoms with van der Waals surface area (Å²) < 4.78 is 0. The second-order valence-electron chi connectivity index (χ2n) is 5.05. The first kappa shape index (κ1) is 16.2. The van der Waals surface area contributed by atoms with Crippen LogP contribution in [0.25, 0.3) is 0 Å². The molecule has 1 aromatic carbocycles. The summed E-state index contributed by atoms with van der Waals surface area (Å²) in [6, 6.07) is 7.57. The average Bonchev–Trinajstić information content (AvgIpc) is 2.45. The quantitative estimate of drug-likeness (QED) is 0.866. The van der Waals surface area contributed by atoms with E-state index in [4.69, 9.17) is 0 Å². The Hall–Kier alpha value is -1.84. The van der Waals surface area contributed by atoms with E-state index in [0.29, 0.717) is 13.0 Å². The number of hydrogen-bond donors (Lipinski definition) is 1. The van der Waals surface area contributed by atoms with Crippen molar-refractivity contribution in [3.63, 3.8) is 0 Å². The molecule has 0 heterocycles. The number of benzene rings is 1. The first-order chi connectivity index (χ1) is 9.49. The van der Waals surface area contributed by atoms with Gasteiger partial charge in [0.2, 0.25) is 11.8 Å². The fraction of sp³-hybridized carbons (Fsp3) is 0.500. The smallest absolute Gasteiger partial charge is 0.242 e. The Labute approximate surface area is 121 Å². The minimum absolute atomic E-state index is 0.0178. The Morgan fingerprint density at radius 2 is 1.85 bits per heavy atom. The van der Waals surface area contributed by atoms with Gasteiger partial charge in [-0.3, -0.25) is 9.59 Å². The lowest BCUT2D eigenvalue weighted by atomic mass is 10.1. The van der Waals surface area contributed by atoms with Crippen molar-refractivity contribution in [3.8, 4) is 0 Å². The molecule has 1 rings (SSSR count). The molecule has 0 radical (unpaired) electrons. The number of likely N-dealkylation sites (N-methyl/N-ethyl adjacent to an activating group) is 1. The molecule has 0 spiro atoms. The van der Waals surface area contributed by atoms with Gasteiger partial charge in [0.1, 0.15) is 6.04 Å². The van der Waals surface area contributed by atoms with Crippen LogP contribution in [0.3, 0.4) is 0 Å². The molecule has 0 aliphatic carbocycles. The monoisotopic (exact) mass is 276 g/mol. The molecule has 1 unspecified atom stereocenters. The number of nitrogens with one attached hydrogen (secondary N) is 1. The highest BCUT2D eigenvalue weighted by Crippen LogP contribution is 2.12. The predicted octanol–water partition coefficient (Wildman–Crippen LogP) is 2.26. The molecular weight excluding hydrogens is 252 g/mol. The molecule has 110 valence electrons. The van der Waals surface area contributed by atoms with Crippen LogP contribution in [-0.2, 0) is 16.1 Å². The zero-order chi connectivity index (χ0) is 15.1. The van der Waals surface area contributed by atoms with E-state index in [2.05, 4.69) is 5.32 Å². The molecule has 0 saturated heterocycles. The molecule has 0 fully saturated rings. The molecule has 1 N–H and O–H groups in total. The summed E-state index contributed by atoms with van der Waals surface area (Å²) in [5, 5.41) is 2.60. The van der Waals surface area contributed by atoms with E-state index in [9.17, 15) is 9.59 Å². The molecule has 0 aliphatic rings. The van der Waals surface area contributed by atoms with E-state index in [0.717, 1.165) is 12.0 Å². The van der Waals surface area contributed by atoms with Gasteiger partial charge in [-0.05, 0) is 25.8 Å². The third kappa shape index (κ3) is 4.37. The summed E-state index contributed by atoms with van der Waals surface area (Å²) in [7, 11) is 1.59. The van der Waals surface area contributed by atoms with Crippen LogP contribution in [0.4, 0.5) is 0 Å². The predicted molar refractivity (Wildman–Crippen MR) is 80.2 cm³/mol. The molecule has 1 atom stereocenters. The summed E-state index contributed by atoms with van der Waals surface area (Å²) in [6.45, 7) is 6.22. The van der Waals surface area contributed by atoms with Gasteiger partial charge in [0.15, 0.2) is 0 Å². The third-order valence-electron chi connectivity index (χ3n) is 3.35. The lowest BCUT2D eigenvalue weighted by molar-refractivity contribution is -0.140. The first-order valence-corrected chi connectivity index (χ1v) is 7.06. The molecule has 0 saturated carbocycles. The number of carbonyl (C=O) groups excluding carboxylic acids is 2. The van der Waals surface area contributed by atoms with Crippen LogP contribution < -0.4 is 5.32 Å². The largest absolute Gasteiger partial charge is 0.357 e. The summed E-state index contributed by atoms with van der Waals surface area (Å²) >= 11 is 0. The zero-order valence-electron chi connectivity index (χ0n) is 12.8. The normalized spacial score (nSPS) is 11.8. The second kappa shape index (κ2) is 7.68. The zero-order valence-corrected chi connectivity index (χ0v) is 12.8. The SMILES string of the molecule is CCCC(=O)N(Cc1ccc(C)cc1)C(C)C(=O)NC. The lowest BCUT2D eigenvalue weighted by Gasteiger charge is -2.28. The number of amides is 2. The van der Waals surface area contributed by atoms with E-state index in [1.54, 1.807) is 18.9 Å². The van der Waals surface area contributed by atoms with Crippen LogP contribution in [0.2, 0.25) is 0 Å². The van der Waals surface area contributed by atoms with E-state index >= 15 is 0 Å². The molecule has 20 heavy (non-hydrogen) atoms. The summed E-state index contributed by atoms with van der Waals surface area (Å²) in [5.41, 5.74) is 2.22. The standard InChI is InChI=1S/C16H24N2O2/c1-5-6-15(19)18(13(3)16(20)17-4)11-14-9-7-12(2)8-10-14/h7-10,13H,5-6,11H2,1-4H3,(H,17,20). The van der Waals surface area contributed by atoms with Crippen LogP contribution in [0.1, 0.15) is 37.8 Å². The number of hydrogen-bond acceptors (Lipinski definition) is 2. The van der Waals surface area contributed by atoms with Gasteiger partial charge in [0.05, 0.1) is 0 Å². The second-order valence-corrected chi connectivity index (χ2v) is 5.05. The van der Waals surface area contributed by atoms with Gasteiger partial charge in [-0.1, -0.05) is 36.8 Å². The minimum Gasteiger partial charge on any atom is -0.357 e. The topological polar surface area (TPSA) is 49.4 Å². The Balaban J connectivity index is 2.89. The van der Waals surface area contributed by atoms with Crippen molar-refractivity contribution in [1.29, 1.82) is 0 Å². The first-order valence-electron chi connectivity index (χ1n) is 7.06. The van der Waals surface area contributed by atoms with Gasteiger partial charge in [0.25, 0.3) is 0 Å². The van der Waals surface area contributed by atoms with Crippen molar-refractivity contribution < 1.29 is 9.59 Å². The van der Waals surface area contributed by atoms with Gasteiger partial charge in [-0.15, -0.1) is 0 Å². The Bertz CT molecular complexity index is 454. The maximum absolute atomic E-state index is 12.2. The highest BCUT2D eigenvalue weighted by atomic mass is 16.2. The van der Waals surface area contributed by atoms with Crippen LogP contribution in [-0.4, -0.2) is 29.8 Å². The van der Waals surface area contributed by atoms with Crippen molar-refractivity contribution >= 4 is 11.8 Å². The summed E-state index contributed by atoms with van der Waals surface area (Å²) in [4.78, 5) is 25.7. The Morgan fingerprint density at radius 1 is 1.25 bits per heavy atom. The van der Waals surface area contributed by atoms with Crippen LogP contribution in [0.15, 0.2) is 24.3 Å². The van der Waals surface area contributed by atoms with Gasteiger partial charge in [0, 0.05) is 20.0 Å². The number of carbonyl (C=O) groups is 2. The maximum Gasteiger partial charge on any atom is 0.242 e. The van der Waals surface area contributed by atoms with E-state index < -0.39 is 6.04 Å². The number of aryl methyl sites for hydroxylation is 1. The maximum atomic E-state index is 12.2. The van der Waals surface area contributed by atoms with Crippen molar-refractivity contribution in [1.82, 2.24) is 10.2 Å². The molecular formula is C16H24N2O2. The van der Waals surface area contributed by atoms with E-state index in [1.165, 1.54) is 5.56 Å². The Morgan fingerprint density at radius 3 is 2.35 bits per heavy atom. The number of nitrogens with zero attached hydrogens (tertiary/aromatic N) is 1. The molecule has 0 bridgehead atoms. The molecule has 2 amide bonds. The van der Waals surface area contributed by atoms with Crippen LogP contribution in [0, 0.1) is 6.92 Å². The van der Waals surface area contributed by atoms with Gasteiger partial charge >= 0.3 is 0 Å². The fourth-order valence-electron chi connectivity index (χ4n) is 2.04. The molecule has 1 aromatic rings. The lowest BCUT2D eigenvalue weighted by Crippen LogP contribution is -2.46. The van der Waals surface area contributed by atoms with Gasteiger partial charge < -0.3 is 10.2 Å². The Kier molecular flexibility index (Phi) is 6.22. The molecule has 0 aromatic heterocycles. The van der Waals surface area contributed by atoms with E-state index in [1.807, 2.05) is 38.1 Å². The average molecular weight is 276 g/mol. The van der Waals surface area contributed by atoms with Crippen LogP contribution in [0.5, 0.6) is 0 Å². The van der Waals surface area contributed by atoms with Crippen molar-refractivity contribution in [2.24, 2.45) is 0 Å². The molecule has 0 aliphatic heterocycles. The van der Waals surface area contributed by atoms with Crippen molar-refractivity contribution in [2.75, 3.05) is 7.05 Å². The highest BCUT2D eigenvalue weighted by molar-refractivity contribution is 5.87. The van der Waals surface area contributed by atoms with Crippen molar-refractivity contribution in [2.45, 2.75) is 46.2 Å². The van der Waals surface area contributed by atoms with Gasteiger partial charge in [-0.2, -0.15) is 0 Å². The fourth-order valence-corrected chi connectivity index (χ4v) is 2.04. The van der Waals surface area contributed by atoms with Crippen LogP contribution >= 0.6 is 0 Å². The van der Waals surface area contributed by atoms with Gasteiger partial charge in [-0.25, -0.2) is 0 Å². The highest BCUT2D eigenvalue weighted by Gasteiger charge is 2.24. The van der Waals surface area contributed by atoms with Crippen molar-refractivity contribution in [3.05, 3.63) is 35.4 Å². The summed E-state index contributed by atoms with van der Waals surface area (Å²) in [6.07, 6.45) is 1.25. The summed E-state index contributed by atoms with van der Waals surface area (Å²) in [5.74, 6) is -0.120. The molecule has 4 heteroatoms. The van der Waals surface area contributed by atoms with E-state index in [-0.39, 0.29) is 11.8 Å². The number of rotatable bonds is 6. The third-order valence-corrected chi connectivity index (χ3v) is 3.35. The molecule has 4 nitrogen and oxygen atoms in total.